The summed E-state index contributed by atoms with van der Waals surface area (Å²) in [7, 11) is 4.18. The van der Waals surface area contributed by atoms with E-state index in [0.717, 1.165) is 30.9 Å². The monoisotopic (exact) mass is 373 g/mol. The van der Waals surface area contributed by atoms with E-state index in [-0.39, 0.29) is 11.3 Å². The molecule has 26 heavy (non-hydrogen) atoms. The van der Waals surface area contributed by atoms with Gasteiger partial charge in [0.05, 0.1) is 10.6 Å². The van der Waals surface area contributed by atoms with Gasteiger partial charge in [-0.05, 0) is 49.3 Å². The number of anilines is 1. The van der Waals surface area contributed by atoms with E-state index in [1.807, 2.05) is 24.3 Å². The van der Waals surface area contributed by atoms with Crippen LogP contribution in [0.5, 0.6) is 0 Å². The topological polar surface area (TPSA) is 44.4 Å². The maximum absolute atomic E-state index is 12.4. The molecule has 2 aromatic rings. The number of rotatable bonds is 8. The van der Waals surface area contributed by atoms with Crippen molar-refractivity contribution >= 4 is 23.2 Å². The molecule has 0 heterocycles. The number of amides is 1. The highest BCUT2D eigenvalue weighted by Gasteiger charge is 2.18. The molecule has 0 fully saturated rings. The standard InChI is InChI=1S/C21H28ClN3O/c1-21(2,15-25(3)4)14-23-13-16-8-7-9-17(12-16)24-20(26)18-10-5-6-11-19(18)22/h5-12,23H,13-15H2,1-4H3,(H,24,26). The highest BCUT2D eigenvalue weighted by atomic mass is 35.5. The highest BCUT2D eigenvalue weighted by molar-refractivity contribution is 6.34. The molecule has 0 atom stereocenters. The lowest BCUT2D eigenvalue weighted by Gasteiger charge is -2.28. The third-order valence-electron chi connectivity index (χ3n) is 3.98. The molecule has 0 aliphatic rings. The van der Waals surface area contributed by atoms with Crippen molar-refractivity contribution in [1.29, 1.82) is 0 Å². The van der Waals surface area contributed by atoms with Crippen LogP contribution in [0.15, 0.2) is 48.5 Å². The molecule has 4 nitrogen and oxygen atoms in total. The zero-order valence-electron chi connectivity index (χ0n) is 16.0. The minimum atomic E-state index is -0.201. The Balaban J connectivity index is 1.94. The summed E-state index contributed by atoms with van der Waals surface area (Å²) in [6, 6.07) is 14.9. The molecular formula is C21H28ClN3O. The molecule has 0 saturated carbocycles. The average Bonchev–Trinajstić information content (AvgIpc) is 2.54. The maximum atomic E-state index is 12.4. The summed E-state index contributed by atoms with van der Waals surface area (Å²) in [6.07, 6.45) is 0. The quantitative estimate of drug-likeness (QED) is 0.726. The lowest BCUT2D eigenvalue weighted by Crippen LogP contribution is -2.37. The first-order valence-electron chi connectivity index (χ1n) is 8.77. The van der Waals surface area contributed by atoms with Gasteiger partial charge in [-0.2, -0.15) is 0 Å². The van der Waals surface area contributed by atoms with Crippen LogP contribution >= 0.6 is 11.6 Å². The Hall–Kier alpha value is -1.88. The molecule has 1 amide bonds. The molecule has 2 aromatic carbocycles. The predicted molar refractivity (Wildman–Crippen MR) is 110 cm³/mol. The highest BCUT2D eigenvalue weighted by Crippen LogP contribution is 2.18. The normalized spacial score (nSPS) is 11.6. The lowest BCUT2D eigenvalue weighted by atomic mass is 9.93. The Bertz CT molecular complexity index is 744. The van der Waals surface area contributed by atoms with Crippen LogP contribution in [-0.4, -0.2) is 38.0 Å². The van der Waals surface area contributed by atoms with E-state index in [1.54, 1.807) is 18.2 Å². The number of hydrogen-bond acceptors (Lipinski definition) is 3. The summed E-state index contributed by atoms with van der Waals surface area (Å²) in [5.74, 6) is -0.201. The van der Waals surface area contributed by atoms with Crippen LogP contribution in [0.25, 0.3) is 0 Å². The van der Waals surface area contributed by atoms with Crippen molar-refractivity contribution in [3.63, 3.8) is 0 Å². The Morgan fingerprint density at radius 3 is 2.54 bits per heavy atom. The van der Waals surface area contributed by atoms with Crippen LogP contribution in [0, 0.1) is 5.41 Å². The van der Waals surface area contributed by atoms with Crippen molar-refractivity contribution in [3.8, 4) is 0 Å². The van der Waals surface area contributed by atoms with Gasteiger partial charge in [0.25, 0.3) is 5.91 Å². The van der Waals surface area contributed by atoms with Crippen molar-refractivity contribution in [2.75, 3.05) is 32.5 Å². The molecule has 0 radical (unpaired) electrons. The molecule has 0 bridgehead atoms. The number of nitrogens with zero attached hydrogens (tertiary/aromatic N) is 1. The molecule has 140 valence electrons. The summed E-state index contributed by atoms with van der Waals surface area (Å²) in [5, 5.41) is 6.87. The second-order valence-electron chi connectivity index (χ2n) is 7.64. The fourth-order valence-corrected chi connectivity index (χ4v) is 3.28. The largest absolute Gasteiger partial charge is 0.322 e. The number of nitrogens with one attached hydrogen (secondary N) is 2. The fraction of sp³-hybridized carbons (Fsp3) is 0.381. The van der Waals surface area contributed by atoms with Gasteiger partial charge in [-0.3, -0.25) is 4.79 Å². The van der Waals surface area contributed by atoms with Gasteiger partial charge in [-0.15, -0.1) is 0 Å². The van der Waals surface area contributed by atoms with Gasteiger partial charge in [0.2, 0.25) is 0 Å². The van der Waals surface area contributed by atoms with Gasteiger partial charge in [-0.1, -0.05) is 49.7 Å². The van der Waals surface area contributed by atoms with E-state index in [2.05, 4.69) is 49.5 Å². The second kappa shape index (κ2) is 9.17. The van der Waals surface area contributed by atoms with Gasteiger partial charge >= 0.3 is 0 Å². The predicted octanol–water partition coefficient (Wildman–Crippen LogP) is 4.27. The Labute approximate surface area is 161 Å². The van der Waals surface area contributed by atoms with E-state index in [0.29, 0.717) is 10.6 Å². The number of carbonyl (C=O) groups is 1. The molecular weight excluding hydrogens is 346 g/mol. The molecule has 0 spiro atoms. The van der Waals surface area contributed by atoms with Crippen LogP contribution in [-0.2, 0) is 6.54 Å². The first-order valence-corrected chi connectivity index (χ1v) is 9.15. The summed E-state index contributed by atoms with van der Waals surface area (Å²) in [5.41, 5.74) is 2.56. The number of hydrogen-bond donors (Lipinski definition) is 2. The number of halogens is 1. The van der Waals surface area contributed by atoms with Gasteiger partial charge in [-0.25, -0.2) is 0 Å². The smallest absolute Gasteiger partial charge is 0.257 e. The summed E-state index contributed by atoms with van der Waals surface area (Å²) in [6.45, 7) is 7.20. The first-order chi connectivity index (χ1) is 12.3. The molecule has 5 heteroatoms. The van der Waals surface area contributed by atoms with E-state index in [1.165, 1.54) is 0 Å². The summed E-state index contributed by atoms with van der Waals surface area (Å²) >= 11 is 6.09. The van der Waals surface area contributed by atoms with Gasteiger partial charge in [0.1, 0.15) is 0 Å². The third-order valence-corrected chi connectivity index (χ3v) is 4.31. The molecule has 0 unspecified atom stereocenters. The van der Waals surface area contributed by atoms with Crippen LogP contribution in [0.2, 0.25) is 5.02 Å². The van der Waals surface area contributed by atoms with Crippen LogP contribution in [0.1, 0.15) is 29.8 Å². The minimum absolute atomic E-state index is 0.194. The Kier molecular flexibility index (Phi) is 7.21. The number of carbonyl (C=O) groups excluding carboxylic acids is 1. The Morgan fingerprint density at radius 1 is 1.12 bits per heavy atom. The zero-order valence-corrected chi connectivity index (χ0v) is 16.7. The van der Waals surface area contributed by atoms with Gasteiger partial charge in [0.15, 0.2) is 0 Å². The van der Waals surface area contributed by atoms with Crippen LogP contribution in [0.3, 0.4) is 0 Å². The zero-order chi connectivity index (χ0) is 19.2. The van der Waals surface area contributed by atoms with Crippen LogP contribution < -0.4 is 10.6 Å². The van der Waals surface area contributed by atoms with E-state index in [9.17, 15) is 4.79 Å². The second-order valence-corrected chi connectivity index (χ2v) is 8.05. The number of benzene rings is 2. The van der Waals surface area contributed by atoms with Crippen LogP contribution in [0.4, 0.5) is 5.69 Å². The third kappa shape index (κ3) is 6.45. The van der Waals surface area contributed by atoms with Crippen molar-refractivity contribution in [3.05, 3.63) is 64.7 Å². The summed E-state index contributed by atoms with van der Waals surface area (Å²) in [4.78, 5) is 14.6. The van der Waals surface area contributed by atoms with Gasteiger partial charge < -0.3 is 15.5 Å². The molecule has 0 aliphatic heterocycles. The fourth-order valence-electron chi connectivity index (χ4n) is 3.06. The van der Waals surface area contributed by atoms with Gasteiger partial charge in [0, 0.05) is 25.3 Å². The molecule has 0 aromatic heterocycles. The van der Waals surface area contributed by atoms with Crippen molar-refractivity contribution in [1.82, 2.24) is 10.2 Å². The maximum Gasteiger partial charge on any atom is 0.257 e. The molecule has 0 saturated heterocycles. The Morgan fingerprint density at radius 2 is 1.85 bits per heavy atom. The molecule has 2 N–H and O–H groups in total. The first kappa shape index (κ1) is 20.4. The van der Waals surface area contributed by atoms with E-state index < -0.39 is 0 Å². The average molecular weight is 374 g/mol. The van der Waals surface area contributed by atoms with Crippen molar-refractivity contribution in [2.45, 2.75) is 20.4 Å². The molecule has 0 aliphatic carbocycles. The van der Waals surface area contributed by atoms with Crippen molar-refractivity contribution in [2.24, 2.45) is 5.41 Å². The minimum Gasteiger partial charge on any atom is -0.322 e. The SMILES string of the molecule is CN(C)CC(C)(C)CNCc1cccc(NC(=O)c2ccccc2Cl)c1. The van der Waals surface area contributed by atoms with E-state index >= 15 is 0 Å². The lowest BCUT2D eigenvalue weighted by molar-refractivity contribution is 0.102. The molecule has 2 rings (SSSR count). The van der Waals surface area contributed by atoms with Crippen molar-refractivity contribution < 1.29 is 4.79 Å². The summed E-state index contributed by atoms with van der Waals surface area (Å²) < 4.78 is 0. The van der Waals surface area contributed by atoms with E-state index in [4.69, 9.17) is 11.6 Å².